The van der Waals surface area contributed by atoms with E-state index in [-0.39, 0.29) is 0 Å². The van der Waals surface area contributed by atoms with Crippen LogP contribution in [0.25, 0.3) is 0 Å². The van der Waals surface area contributed by atoms with Gasteiger partial charge in [-0.05, 0) is 18.8 Å². The summed E-state index contributed by atoms with van der Waals surface area (Å²) in [5.74, 6) is 0.646. The van der Waals surface area contributed by atoms with Gasteiger partial charge in [-0.1, -0.05) is 13.8 Å². The van der Waals surface area contributed by atoms with Gasteiger partial charge in [0.25, 0.3) is 0 Å². The molecule has 0 aliphatic rings. The summed E-state index contributed by atoms with van der Waals surface area (Å²) in [5.41, 5.74) is 5.10. The zero-order chi connectivity index (χ0) is 6.57. The summed E-state index contributed by atoms with van der Waals surface area (Å²) >= 11 is 0. The van der Waals surface area contributed by atoms with Crippen LogP contribution in [-0.2, 0) is 0 Å². The maximum absolute atomic E-state index is 8.58. The number of hydrogen-bond acceptors (Lipinski definition) is 2. The molecule has 0 fully saturated rings. The number of rotatable bonds is 3. The molecule has 0 saturated heterocycles. The molecule has 8 heavy (non-hydrogen) atoms. The molecule has 0 aromatic carbocycles. The van der Waals surface area contributed by atoms with E-state index in [2.05, 4.69) is 13.8 Å². The minimum absolute atomic E-state index is 0.614. The van der Waals surface area contributed by atoms with Gasteiger partial charge in [-0.15, -0.1) is 0 Å². The van der Waals surface area contributed by atoms with Crippen molar-refractivity contribution >= 4 is 0 Å². The van der Waals surface area contributed by atoms with Crippen molar-refractivity contribution in [1.29, 1.82) is 0 Å². The highest BCUT2D eigenvalue weighted by Crippen LogP contribution is 2.03. The third kappa shape index (κ3) is 5.92. The normalized spacial score (nSPS) is 14.6. The Labute approximate surface area is 50.7 Å². The highest BCUT2D eigenvalue weighted by molar-refractivity contribution is 4.48. The molecule has 0 aliphatic heterocycles. The van der Waals surface area contributed by atoms with Crippen molar-refractivity contribution < 1.29 is 5.11 Å². The summed E-state index contributed by atoms with van der Waals surface area (Å²) in [6.45, 7) is 4.23. The predicted molar refractivity (Wildman–Crippen MR) is 34.3 cm³/mol. The quantitative estimate of drug-likeness (QED) is 0.534. The molecule has 0 heterocycles. The van der Waals surface area contributed by atoms with Gasteiger partial charge in [-0.2, -0.15) is 0 Å². The second kappa shape index (κ2) is 3.87. The molecule has 0 aromatic heterocycles. The fraction of sp³-hybridized carbons (Fsp3) is 1.00. The topological polar surface area (TPSA) is 46.2 Å². The molecule has 0 unspecified atom stereocenters. The summed E-state index contributed by atoms with van der Waals surface area (Å²) in [4.78, 5) is 0. The average molecular weight is 117 g/mol. The Kier molecular flexibility index (Phi) is 3.83. The maximum atomic E-state index is 8.58. The van der Waals surface area contributed by atoms with Crippen LogP contribution in [-0.4, -0.2) is 11.3 Å². The van der Waals surface area contributed by atoms with Crippen molar-refractivity contribution in [2.45, 2.75) is 32.9 Å². The Morgan fingerprint density at radius 3 is 2.00 bits per heavy atom. The molecule has 0 aliphatic carbocycles. The Bertz CT molecular complexity index is 44.5. The van der Waals surface area contributed by atoms with Crippen LogP contribution < -0.4 is 5.73 Å². The molecule has 3 N–H and O–H groups in total. The van der Waals surface area contributed by atoms with E-state index in [0.29, 0.717) is 5.92 Å². The minimum atomic E-state index is -0.614. The molecule has 0 saturated carbocycles. The second-order valence-corrected chi connectivity index (χ2v) is 2.54. The molecule has 50 valence electrons. The zero-order valence-electron chi connectivity index (χ0n) is 5.59. The summed E-state index contributed by atoms with van der Waals surface area (Å²) in [7, 11) is 0. The van der Waals surface area contributed by atoms with Gasteiger partial charge >= 0.3 is 0 Å². The molecular formula is C6H15NO. The van der Waals surface area contributed by atoms with Gasteiger partial charge in [0, 0.05) is 0 Å². The predicted octanol–water partition coefficient (Wildman–Crippen LogP) is 0.700. The largest absolute Gasteiger partial charge is 0.379 e. The van der Waals surface area contributed by atoms with E-state index >= 15 is 0 Å². The standard InChI is InChI=1S/C6H15NO/c1-5(2)3-4-6(7)8/h5-6,8H,3-4,7H2,1-2H3/t6-/m1/s1. The number of aliphatic hydroxyl groups excluding tert-OH is 1. The van der Waals surface area contributed by atoms with E-state index in [4.69, 9.17) is 10.8 Å². The highest BCUT2D eigenvalue weighted by Gasteiger charge is 1.97. The molecule has 0 radical (unpaired) electrons. The number of aliphatic hydroxyl groups is 1. The van der Waals surface area contributed by atoms with Gasteiger partial charge < -0.3 is 10.8 Å². The van der Waals surface area contributed by atoms with E-state index in [1.165, 1.54) is 0 Å². The van der Waals surface area contributed by atoms with Crippen molar-refractivity contribution in [3.8, 4) is 0 Å². The van der Waals surface area contributed by atoms with Crippen LogP contribution in [0.15, 0.2) is 0 Å². The summed E-state index contributed by atoms with van der Waals surface area (Å²) in [6, 6.07) is 0. The summed E-state index contributed by atoms with van der Waals surface area (Å²) in [6.07, 6.45) is 1.12. The van der Waals surface area contributed by atoms with E-state index in [0.717, 1.165) is 12.8 Å². The lowest BCUT2D eigenvalue weighted by Gasteiger charge is -2.05. The first-order valence-corrected chi connectivity index (χ1v) is 3.06. The van der Waals surface area contributed by atoms with E-state index < -0.39 is 6.23 Å². The molecular weight excluding hydrogens is 102 g/mol. The fourth-order valence-corrected chi connectivity index (χ4v) is 0.504. The number of nitrogens with two attached hydrogens (primary N) is 1. The van der Waals surface area contributed by atoms with Crippen LogP contribution in [0.1, 0.15) is 26.7 Å². The molecule has 0 spiro atoms. The molecule has 2 nitrogen and oxygen atoms in total. The van der Waals surface area contributed by atoms with Gasteiger partial charge in [0.15, 0.2) is 0 Å². The Balaban J connectivity index is 2.93. The monoisotopic (exact) mass is 117 g/mol. The van der Waals surface area contributed by atoms with Crippen molar-refractivity contribution in [2.24, 2.45) is 11.7 Å². The molecule has 0 rings (SSSR count). The Morgan fingerprint density at radius 2 is 1.88 bits per heavy atom. The van der Waals surface area contributed by atoms with E-state index in [1.54, 1.807) is 0 Å². The molecule has 0 aromatic rings. The highest BCUT2D eigenvalue weighted by atomic mass is 16.3. The Morgan fingerprint density at radius 1 is 1.38 bits per heavy atom. The maximum Gasteiger partial charge on any atom is 0.102 e. The summed E-state index contributed by atoms with van der Waals surface area (Å²) in [5, 5.41) is 8.58. The second-order valence-electron chi connectivity index (χ2n) is 2.54. The third-order valence-corrected chi connectivity index (χ3v) is 1.04. The SMILES string of the molecule is CC(C)CC[C@H](N)O. The first-order valence-electron chi connectivity index (χ1n) is 3.06. The van der Waals surface area contributed by atoms with Crippen molar-refractivity contribution in [1.82, 2.24) is 0 Å². The van der Waals surface area contributed by atoms with Gasteiger partial charge in [0.2, 0.25) is 0 Å². The molecule has 2 heteroatoms. The van der Waals surface area contributed by atoms with Crippen molar-refractivity contribution in [3.63, 3.8) is 0 Å². The third-order valence-electron chi connectivity index (χ3n) is 1.04. The zero-order valence-corrected chi connectivity index (χ0v) is 5.59. The minimum Gasteiger partial charge on any atom is -0.379 e. The lowest BCUT2D eigenvalue weighted by molar-refractivity contribution is 0.164. The van der Waals surface area contributed by atoms with Gasteiger partial charge in [-0.3, -0.25) is 0 Å². The molecule has 0 amide bonds. The average Bonchev–Trinajstić information content (AvgIpc) is 1.61. The van der Waals surface area contributed by atoms with Crippen LogP contribution in [0.3, 0.4) is 0 Å². The van der Waals surface area contributed by atoms with Gasteiger partial charge in [0.1, 0.15) is 6.23 Å². The van der Waals surface area contributed by atoms with Crippen LogP contribution in [0, 0.1) is 5.92 Å². The van der Waals surface area contributed by atoms with Gasteiger partial charge in [0.05, 0.1) is 0 Å². The molecule has 0 bridgehead atoms. The lowest BCUT2D eigenvalue weighted by atomic mass is 10.1. The fourth-order valence-electron chi connectivity index (χ4n) is 0.504. The van der Waals surface area contributed by atoms with E-state index in [9.17, 15) is 0 Å². The Hall–Kier alpha value is -0.0800. The van der Waals surface area contributed by atoms with Crippen molar-refractivity contribution in [2.75, 3.05) is 0 Å². The molecule has 1 atom stereocenters. The lowest BCUT2D eigenvalue weighted by Crippen LogP contribution is -2.18. The van der Waals surface area contributed by atoms with Crippen LogP contribution in [0.5, 0.6) is 0 Å². The summed E-state index contributed by atoms with van der Waals surface area (Å²) < 4.78 is 0. The first-order chi connectivity index (χ1) is 3.63. The van der Waals surface area contributed by atoms with E-state index in [1.807, 2.05) is 0 Å². The van der Waals surface area contributed by atoms with Crippen LogP contribution in [0.4, 0.5) is 0 Å². The van der Waals surface area contributed by atoms with Crippen LogP contribution >= 0.6 is 0 Å². The smallest absolute Gasteiger partial charge is 0.102 e. The first kappa shape index (κ1) is 7.92. The van der Waals surface area contributed by atoms with Gasteiger partial charge in [-0.25, -0.2) is 0 Å². The number of hydrogen-bond donors (Lipinski definition) is 2. The van der Waals surface area contributed by atoms with Crippen LogP contribution in [0.2, 0.25) is 0 Å². The van der Waals surface area contributed by atoms with Crippen molar-refractivity contribution in [3.05, 3.63) is 0 Å².